The number of imidazole rings is 1. The van der Waals surface area contributed by atoms with E-state index >= 15 is 0 Å². The average molecular weight is 284 g/mol. The van der Waals surface area contributed by atoms with Gasteiger partial charge in [-0.15, -0.1) is 0 Å². The van der Waals surface area contributed by atoms with Crippen LogP contribution in [0, 0.1) is 0 Å². The molecule has 0 saturated heterocycles. The van der Waals surface area contributed by atoms with Crippen molar-refractivity contribution in [1.29, 1.82) is 0 Å². The minimum atomic E-state index is 0.697. The molecule has 0 amide bonds. The van der Waals surface area contributed by atoms with Crippen LogP contribution in [0.3, 0.4) is 0 Å². The van der Waals surface area contributed by atoms with Crippen LogP contribution in [0.1, 0.15) is 11.3 Å². The molecule has 0 aliphatic rings. The van der Waals surface area contributed by atoms with E-state index in [2.05, 4.69) is 48.9 Å². The summed E-state index contributed by atoms with van der Waals surface area (Å²) in [6, 6.07) is 10.3. The van der Waals surface area contributed by atoms with E-state index in [1.54, 1.807) is 6.33 Å². The summed E-state index contributed by atoms with van der Waals surface area (Å²) in [6.07, 6.45) is 2.44. The maximum atomic E-state index is 4.46. The zero-order chi connectivity index (χ0) is 11.7. The van der Waals surface area contributed by atoms with Gasteiger partial charge in [0.2, 0.25) is 0 Å². The Kier molecular flexibility index (Phi) is 2.65. The summed E-state index contributed by atoms with van der Waals surface area (Å²) < 4.78 is 0.697. The number of nitrogens with zero attached hydrogens (tertiary/aromatic N) is 3. The first kappa shape index (κ1) is 10.5. The molecular formula is C12H9AsN4. The third-order valence-electron chi connectivity index (χ3n) is 2.56. The molecule has 3 rings (SSSR count). The molecule has 5 heteroatoms. The molecule has 0 bridgehead atoms. The standard InChI is InChI=1S/C12H9AsN4/c13-12-16-9(6-8-4-2-1-3-5-8)10-11(17-12)15-7-14-10/h1-5,7H,6H2,(H,14,15,16,17). The molecule has 0 fully saturated rings. The van der Waals surface area contributed by atoms with Crippen LogP contribution < -0.4 is 4.61 Å². The van der Waals surface area contributed by atoms with Crippen LogP contribution in [0.5, 0.6) is 0 Å². The summed E-state index contributed by atoms with van der Waals surface area (Å²) in [4.78, 5) is 16.0. The van der Waals surface area contributed by atoms with E-state index in [9.17, 15) is 0 Å². The normalized spacial score (nSPS) is 10.9. The van der Waals surface area contributed by atoms with Crippen molar-refractivity contribution in [3.63, 3.8) is 0 Å². The van der Waals surface area contributed by atoms with Gasteiger partial charge in [-0.2, -0.15) is 0 Å². The molecule has 0 aliphatic heterocycles. The molecule has 0 spiro atoms. The van der Waals surface area contributed by atoms with Crippen molar-refractivity contribution in [3.8, 4) is 0 Å². The van der Waals surface area contributed by atoms with Crippen molar-refractivity contribution >= 4 is 32.6 Å². The van der Waals surface area contributed by atoms with E-state index in [4.69, 9.17) is 0 Å². The quantitative estimate of drug-likeness (QED) is 0.706. The van der Waals surface area contributed by atoms with Gasteiger partial charge in [-0.3, -0.25) is 0 Å². The van der Waals surface area contributed by atoms with Crippen molar-refractivity contribution in [2.45, 2.75) is 6.42 Å². The van der Waals surface area contributed by atoms with Gasteiger partial charge in [0, 0.05) is 0 Å². The summed E-state index contributed by atoms with van der Waals surface area (Å²) in [5.41, 5.74) is 3.86. The SMILES string of the molecule is [As]c1nc(Cc2ccccc2)c2[nH]cnc2n1. The van der Waals surface area contributed by atoms with Gasteiger partial charge in [-0.25, -0.2) is 0 Å². The third-order valence-corrected chi connectivity index (χ3v) is 2.98. The van der Waals surface area contributed by atoms with E-state index in [1.807, 2.05) is 18.2 Å². The van der Waals surface area contributed by atoms with E-state index in [0.29, 0.717) is 4.61 Å². The monoisotopic (exact) mass is 284 g/mol. The Morgan fingerprint density at radius 3 is 2.76 bits per heavy atom. The number of aromatic nitrogens is 4. The molecule has 4 nitrogen and oxygen atoms in total. The number of nitrogens with one attached hydrogen (secondary N) is 1. The molecule has 1 aromatic carbocycles. The van der Waals surface area contributed by atoms with Crippen molar-refractivity contribution in [2.24, 2.45) is 0 Å². The molecule has 0 atom stereocenters. The van der Waals surface area contributed by atoms with Crippen LogP contribution in [0.15, 0.2) is 36.7 Å². The summed E-state index contributed by atoms with van der Waals surface area (Å²) >= 11 is 2.36. The minimum absolute atomic E-state index is 0.697. The van der Waals surface area contributed by atoms with Gasteiger partial charge >= 0.3 is 107 Å². The van der Waals surface area contributed by atoms with Crippen LogP contribution in [0.25, 0.3) is 11.2 Å². The fourth-order valence-corrected chi connectivity index (χ4v) is 2.25. The number of hydrogen-bond donors (Lipinski definition) is 1. The van der Waals surface area contributed by atoms with E-state index in [0.717, 1.165) is 23.3 Å². The predicted octanol–water partition coefficient (Wildman–Crippen LogP) is 0.737. The average Bonchev–Trinajstić information content (AvgIpc) is 2.78. The number of aromatic amines is 1. The molecular weight excluding hydrogens is 275 g/mol. The van der Waals surface area contributed by atoms with Gasteiger partial charge in [0.05, 0.1) is 0 Å². The second-order valence-electron chi connectivity index (χ2n) is 3.73. The molecule has 2 aromatic heterocycles. The van der Waals surface area contributed by atoms with Gasteiger partial charge in [0.25, 0.3) is 0 Å². The molecule has 17 heavy (non-hydrogen) atoms. The van der Waals surface area contributed by atoms with Crippen molar-refractivity contribution in [1.82, 2.24) is 19.9 Å². The van der Waals surface area contributed by atoms with Gasteiger partial charge in [-0.1, -0.05) is 0 Å². The number of fused-ring (bicyclic) bond motifs is 1. The summed E-state index contributed by atoms with van der Waals surface area (Å²) in [5.74, 6) is 0. The number of H-pyrrole nitrogens is 1. The van der Waals surface area contributed by atoms with Crippen molar-refractivity contribution in [3.05, 3.63) is 47.9 Å². The van der Waals surface area contributed by atoms with Crippen LogP contribution in [-0.4, -0.2) is 36.8 Å². The predicted molar refractivity (Wildman–Crippen MR) is 66.3 cm³/mol. The molecule has 0 aliphatic carbocycles. The first-order valence-corrected chi connectivity index (χ1v) is 6.19. The van der Waals surface area contributed by atoms with Crippen LogP contribution in [-0.2, 0) is 6.42 Å². The second-order valence-corrected chi connectivity index (χ2v) is 4.57. The topological polar surface area (TPSA) is 54.5 Å². The van der Waals surface area contributed by atoms with Gasteiger partial charge in [0.15, 0.2) is 0 Å². The Balaban J connectivity index is 2.08. The van der Waals surface area contributed by atoms with Gasteiger partial charge in [-0.05, 0) is 0 Å². The Bertz CT molecular complexity index is 648. The summed E-state index contributed by atoms with van der Waals surface area (Å²) in [6.45, 7) is 0. The number of benzene rings is 1. The number of rotatable bonds is 2. The number of hydrogen-bond acceptors (Lipinski definition) is 3. The van der Waals surface area contributed by atoms with Crippen LogP contribution >= 0.6 is 0 Å². The Labute approximate surface area is 107 Å². The molecule has 3 aromatic rings. The van der Waals surface area contributed by atoms with E-state index in [-0.39, 0.29) is 0 Å². The molecule has 0 unspecified atom stereocenters. The molecule has 82 valence electrons. The zero-order valence-electron chi connectivity index (χ0n) is 8.96. The molecule has 0 saturated carbocycles. The van der Waals surface area contributed by atoms with Gasteiger partial charge in [0.1, 0.15) is 0 Å². The molecule has 1 N–H and O–H groups in total. The first-order valence-electron chi connectivity index (χ1n) is 5.26. The van der Waals surface area contributed by atoms with E-state index < -0.39 is 0 Å². The van der Waals surface area contributed by atoms with Crippen LogP contribution in [0.2, 0.25) is 0 Å². The van der Waals surface area contributed by atoms with Crippen molar-refractivity contribution < 1.29 is 0 Å². The van der Waals surface area contributed by atoms with Crippen molar-refractivity contribution in [2.75, 3.05) is 0 Å². The Hall–Kier alpha value is -1.67. The van der Waals surface area contributed by atoms with Crippen LogP contribution in [0.4, 0.5) is 0 Å². The van der Waals surface area contributed by atoms with Gasteiger partial charge < -0.3 is 0 Å². The first-order chi connectivity index (χ1) is 8.33. The second kappa shape index (κ2) is 4.30. The van der Waals surface area contributed by atoms with E-state index in [1.165, 1.54) is 5.56 Å². The summed E-state index contributed by atoms with van der Waals surface area (Å²) in [5, 5.41) is 0. The molecule has 2 heterocycles. The third kappa shape index (κ3) is 2.08. The fourth-order valence-electron chi connectivity index (χ4n) is 1.80. The summed E-state index contributed by atoms with van der Waals surface area (Å²) in [7, 11) is 0. The Morgan fingerprint density at radius 2 is 1.94 bits per heavy atom. The fraction of sp³-hybridized carbons (Fsp3) is 0.0833. The zero-order valence-corrected chi connectivity index (χ0v) is 10.8. The maximum absolute atomic E-state index is 4.46. The Morgan fingerprint density at radius 1 is 1.12 bits per heavy atom. The molecule has 2 radical (unpaired) electrons.